The summed E-state index contributed by atoms with van der Waals surface area (Å²) in [6.45, 7) is 0.961. The van der Waals surface area contributed by atoms with Gasteiger partial charge in [0.25, 0.3) is 5.91 Å². The molecule has 158 valence electrons. The fourth-order valence-electron chi connectivity index (χ4n) is 3.17. The second-order valence-corrected chi connectivity index (χ2v) is 6.85. The molecule has 4 rings (SSSR count). The van der Waals surface area contributed by atoms with E-state index in [0.717, 1.165) is 0 Å². The molecule has 2 aromatic heterocycles. The summed E-state index contributed by atoms with van der Waals surface area (Å²) in [5, 5.41) is 7.23. The van der Waals surface area contributed by atoms with Crippen LogP contribution in [0.25, 0.3) is 22.2 Å². The first-order chi connectivity index (χ1) is 15.1. The van der Waals surface area contributed by atoms with Crippen molar-refractivity contribution in [3.63, 3.8) is 0 Å². The van der Waals surface area contributed by atoms with Crippen LogP contribution < -0.4 is 11.1 Å². The summed E-state index contributed by atoms with van der Waals surface area (Å²) in [4.78, 5) is 22.1. The van der Waals surface area contributed by atoms with E-state index in [-0.39, 0.29) is 23.1 Å². The van der Waals surface area contributed by atoms with Gasteiger partial charge in [0.05, 0.1) is 17.2 Å². The lowest BCUT2D eigenvalue weighted by molar-refractivity contribution is 0.0951. The first-order valence-electron chi connectivity index (χ1n) is 9.72. The van der Waals surface area contributed by atoms with Crippen molar-refractivity contribution in [3.05, 3.63) is 65.5 Å². The summed E-state index contributed by atoms with van der Waals surface area (Å²) in [5.74, 6) is -0.584. The first kappa shape index (κ1) is 20.4. The lowest BCUT2D eigenvalue weighted by Gasteiger charge is -2.05. The average molecular weight is 420 g/mol. The Morgan fingerprint density at radius 3 is 2.61 bits per heavy atom. The predicted octanol–water partition coefficient (Wildman–Crippen LogP) is 2.95. The van der Waals surface area contributed by atoms with E-state index in [1.54, 1.807) is 19.2 Å². The summed E-state index contributed by atoms with van der Waals surface area (Å²) in [6, 6.07) is 13.2. The molecular formula is C22H21FN6O2. The van der Waals surface area contributed by atoms with E-state index in [2.05, 4.69) is 20.4 Å². The Morgan fingerprint density at radius 1 is 1.19 bits per heavy atom. The molecule has 0 unspecified atom stereocenters. The highest BCUT2D eigenvalue weighted by atomic mass is 19.1. The fourth-order valence-corrected chi connectivity index (χ4v) is 3.17. The number of para-hydroxylation sites is 2. The average Bonchev–Trinajstić information content (AvgIpc) is 3.05. The number of fused-ring (bicyclic) bond motifs is 2. The summed E-state index contributed by atoms with van der Waals surface area (Å²) in [6.07, 6.45) is 2.19. The van der Waals surface area contributed by atoms with Crippen molar-refractivity contribution in [3.8, 4) is 0 Å². The van der Waals surface area contributed by atoms with E-state index in [1.165, 1.54) is 23.0 Å². The minimum absolute atomic E-state index is 0.118. The molecule has 0 atom stereocenters. The van der Waals surface area contributed by atoms with E-state index >= 15 is 0 Å². The van der Waals surface area contributed by atoms with Gasteiger partial charge in [-0.2, -0.15) is 9.78 Å². The van der Waals surface area contributed by atoms with Crippen LogP contribution >= 0.6 is 0 Å². The zero-order valence-electron chi connectivity index (χ0n) is 16.9. The first-order valence-corrected chi connectivity index (χ1v) is 9.72. The standard InChI is InChI=1S/C22H21FN6O2/c1-31-12-4-11-25-22(30)18-19-21(28-17-6-3-2-5-16(17)27-19)29(20(18)24)26-13-14-7-9-15(23)10-8-14/h2-3,5-10,13H,4,11-12,24H2,1H3,(H,25,30)/b26-13-. The maximum Gasteiger partial charge on any atom is 0.257 e. The summed E-state index contributed by atoms with van der Waals surface area (Å²) in [5.41, 5.74) is 9.21. The third-order valence-electron chi connectivity index (χ3n) is 4.70. The second-order valence-electron chi connectivity index (χ2n) is 6.85. The number of aromatic nitrogens is 3. The number of halogens is 1. The molecule has 0 fully saturated rings. The SMILES string of the molecule is COCCCNC(=O)c1c(N)n(/N=C\c2ccc(F)cc2)c2nc3ccccc3nc12. The number of nitrogens with zero attached hydrogens (tertiary/aromatic N) is 4. The lowest BCUT2D eigenvalue weighted by atomic mass is 10.2. The number of benzene rings is 2. The molecule has 0 aliphatic heterocycles. The second kappa shape index (κ2) is 8.88. The molecule has 0 aliphatic carbocycles. The maximum absolute atomic E-state index is 13.2. The summed E-state index contributed by atoms with van der Waals surface area (Å²) >= 11 is 0. The quantitative estimate of drug-likeness (QED) is 0.353. The molecular weight excluding hydrogens is 399 g/mol. The Hall–Kier alpha value is -3.85. The molecule has 0 spiro atoms. The van der Waals surface area contributed by atoms with Gasteiger partial charge in [-0.1, -0.05) is 24.3 Å². The molecule has 0 saturated carbocycles. The number of hydrogen-bond donors (Lipinski definition) is 2. The Labute approximate surface area is 177 Å². The van der Waals surface area contributed by atoms with E-state index < -0.39 is 0 Å². The molecule has 0 saturated heterocycles. The topological polar surface area (TPSA) is 107 Å². The van der Waals surface area contributed by atoms with Gasteiger partial charge < -0.3 is 15.8 Å². The number of methoxy groups -OCH3 is 1. The molecule has 31 heavy (non-hydrogen) atoms. The van der Waals surface area contributed by atoms with Gasteiger partial charge in [-0.3, -0.25) is 4.79 Å². The summed E-state index contributed by atoms with van der Waals surface area (Å²) < 4.78 is 19.6. The Balaban J connectivity index is 1.80. The van der Waals surface area contributed by atoms with Gasteiger partial charge in [0, 0.05) is 20.3 Å². The van der Waals surface area contributed by atoms with Crippen molar-refractivity contribution < 1.29 is 13.9 Å². The van der Waals surface area contributed by atoms with Crippen molar-refractivity contribution in [2.24, 2.45) is 5.10 Å². The largest absolute Gasteiger partial charge is 0.385 e. The highest BCUT2D eigenvalue weighted by molar-refractivity contribution is 6.10. The van der Waals surface area contributed by atoms with Gasteiger partial charge in [-0.25, -0.2) is 14.4 Å². The number of nitrogen functional groups attached to an aromatic ring is 1. The molecule has 0 radical (unpaired) electrons. The number of rotatable bonds is 7. The fraction of sp³-hybridized carbons (Fsp3) is 0.182. The van der Waals surface area contributed by atoms with Crippen LogP contribution in [-0.4, -0.2) is 47.0 Å². The summed E-state index contributed by atoms with van der Waals surface area (Å²) in [7, 11) is 1.60. The van der Waals surface area contributed by atoms with Gasteiger partial charge in [-0.05, 0) is 36.2 Å². The minimum atomic E-state index is -0.362. The van der Waals surface area contributed by atoms with Gasteiger partial charge >= 0.3 is 0 Å². The van der Waals surface area contributed by atoms with Crippen LogP contribution in [0, 0.1) is 5.82 Å². The number of ether oxygens (including phenoxy) is 1. The number of nitrogens with two attached hydrogens (primary N) is 1. The van der Waals surface area contributed by atoms with E-state index in [1.807, 2.05) is 24.3 Å². The number of nitrogens with one attached hydrogen (secondary N) is 1. The van der Waals surface area contributed by atoms with Crippen LogP contribution in [0.5, 0.6) is 0 Å². The predicted molar refractivity (Wildman–Crippen MR) is 118 cm³/mol. The Morgan fingerprint density at radius 2 is 1.90 bits per heavy atom. The van der Waals surface area contributed by atoms with Crippen LogP contribution in [0.15, 0.2) is 53.6 Å². The molecule has 4 aromatic rings. The molecule has 1 amide bonds. The van der Waals surface area contributed by atoms with Crippen LogP contribution in [0.2, 0.25) is 0 Å². The molecule has 9 heteroatoms. The zero-order chi connectivity index (χ0) is 21.8. The molecule has 0 bridgehead atoms. The van der Waals surface area contributed by atoms with E-state index in [0.29, 0.717) is 47.3 Å². The lowest BCUT2D eigenvalue weighted by Crippen LogP contribution is -2.26. The maximum atomic E-state index is 13.2. The third kappa shape index (κ3) is 4.22. The number of carbonyl (C=O) groups excluding carboxylic acids is 1. The Bertz CT molecular complexity index is 1270. The highest BCUT2D eigenvalue weighted by Gasteiger charge is 2.23. The van der Waals surface area contributed by atoms with Gasteiger partial charge in [0.15, 0.2) is 5.65 Å². The normalized spacial score (nSPS) is 11.5. The number of carbonyl (C=O) groups is 1. The number of amides is 1. The van der Waals surface area contributed by atoms with Crippen LogP contribution in [-0.2, 0) is 4.74 Å². The zero-order valence-corrected chi connectivity index (χ0v) is 16.9. The van der Waals surface area contributed by atoms with E-state index in [4.69, 9.17) is 10.5 Å². The van der Waals surface area contributed by atoms with Gasteiger partial charge in [-0.15, -0.1) is 0 Å². The van der Waals surface area contributed by atoms with Crippen molar-refractivity contribution in [2.75, 3.05) is 26.0 Å². The highest BCUT2D eigenvalue weighted by Crippen LogP contribution is 2.27. The van der Waals surface area contributed by atoms with E-state index in [9.17, 15) is 9.18 Å². The van der Waals surface area contributed by atoms with Crippen LogP contribution in [0.1, 0.15) is 22.3 Å². The number of anilines is 1. The van der Waals surface area contributed by atoms with Gasteiger partial charge in [0.2, 0.25) is 0 Å². The molecule has 8 nitrogen and oxygen atoms in total. The van der Waals surface area contributed by atoms with Crippen molar-refractivity contribution in [2.45, 2.75) is 6.42 Å². The molecule has 2 heterocycles. The Kier molecular flexibility index (Phi) is 5.85. The molecule has 0 aliphatic rings. The van der Waals surface area contributed by atoms with Crippen molar-refractivity contribution >= 4 is 40.1 Å². The van der Waals surface area contributed by atoms with Crippen molar-refractivity contribution in [1.29, 1.82) is 0 Å². The molecule has 2 aromatic carbocycles. The monoisotopic (exact) mass is 420 g/mol. The van der Waals surface area contributed by atoms with Crippen LogP contribution in [0.3, 0.4) is 0 Å². The molecule has 3 N–H and O–H groups in total. The van der Waals surface area contributed by atoms with Crippen molar-refractivity contribution in [1.82, 2.24) is 20.0 Å². The smallest absolute Gasteiger partial charge is 0.257 e. The van der Waals surface area contributed by atoms with Crippen LogP contribution in [0.4, 0.5) is 10.2 Å². The number of hydrogen-bond acceptors (Lipinski definition) is 6. The third-order valence-corrected chi connectivity index (χ3v) is 4.70. The van der Waals surface area contributed by atoms with Gasteiger partial charge in [0.1, 0.15) is 22.7 Å². The minimum Gasteiger partial charge on any atom is -0.385 e.